The van der Waals surface area contributed by atoms with Crippen molar-refractivity contribution in [3.05, 3.63) is 60.2 Å². The molecule has 5 rings (SSSR count). The average molecular weight is 509 g/mol. The van der Waals surface area contributed by atoms with Crippen LogP contribution in [0.25, 0.3) is 0 Å². The molecule has 1 N–H and O–H groups in total. The standard InChI is InChI=1S/C27H32N4O4S/c1-34-22-9-5-8-21(16-22)28-25(36)29-13-10-27(11-14-29)12-15-30(19-27)24(32)17-31-23(18-35-26(31)33)20-6-3-2-4-7-20/h2-9,16,23H,10-15,17-19H2,1H3,(H,28,36). The Bertz CT molecular complexity index is 1120. The van der Waals surface area contributed by atoms with Crippen molar-refractivity contribution in [2.75, 3.05) is 51.8 Å². The van der Waals surface area contributed by atoms with Gasteiger partial charge < -0.3 is 24.6 Å². The number of ether oxygens (including phenoxy) is 2. The van der Waals surface area contributed by atoms with E-state index < -0.39 is 6.09 Å². The third-order valence-corrected chi connectivity index (χ3v) is 8.05. The number of thiocarbonyl (C=S) groups is 1. The quantitative estimate of drug-likeness (QED) is 0.614. The summed E-state index contributed by atoms with van der Waals surface area (Å²) in [6.45, 7) is 3.49. The number of carbonyl (C=O) groups is 2. The van der Waals surface area contributed by atoms with Crippen LogP contribution in [0.3, 0.4) is 0 Å². The zero-order chi connectivity index (χ0) is 25.1. The van der Waals surface area contributed by atoms with Gasteiger partial charge in [0.1, 0.15) is 18.9 Å². The lowest BCUT2D eigenvalue weighted by atomic mass is 9.78. The minimum atomic E-state index is -0.420. The molecule has 9 heteroatoms. The number of cyclic esters (lactones) is 1. The highest BCUT2D eigenvalue weighted by Gasteiger charge is 2.44. The Labute approximate surface area is 217 Å². The Balaban J connectivity index is 1.14. The van der Waals surface area contributed by atoms with Crippen LogP contribution in [0.5, 0.6) is 5.75 Å². The van der Waals surface area contributed by atoms with E-state index in [1.165, 1.54) is 0 Å². The minimum Gasteiger partial charge on any atom is -0.497 e. The molecule has 0 saturated carbocycles. The summed E-state index contributed by atoms with van der Waals surface area (Å²) in [7, 11) is 1.65. The number of hydrogen-bond donors (Lipinski definition) is 1. The molecule has 1 spiro atoms. The summed E-state index contributed by atoms with van der Waals surface area (Å²) in [5.41, 5.74) is 2.01. The summed E-state index contributed by atoms with van der Waals surface area (Å²) in [6.07, 6.45) is 2.52. The summed E-state index contributed by atoms with van der Waals surface area (Å²) in [4.78, 5) is 31.3. The van der Waals surface area contributed by atoms with E-state index >= 15 is 0 Å². The maximum absolute atomic E-state index is 13.2. The molecule has 0 radical (unpaired) electrons. The van der Waals surface area contributed by atoms with E-state index in [0.29, 0.717) is 5.11 Å². The lowest BCUT2D eigenvalue weighted by Crippen LogP contribution is -2.47. The molecular formula is C27H32N4O4S. The van der Waals surface area contributed by atoms with Crippen LogP contribution in [0.1, 0.15) is 30.9 Å². The summed E-state index contributed by atoms with van der Waals surface area (Å²) < 4.78 is 10.6. The Morgan fingerprint density at radius 2 is 1.81 bits per heavy atom. The molecule has 8 nitrogen and oxygen atoms in total. The fourth-order valence-electron chi connectivity index (χ4n) is 5.47. The van der Waals surface area contributed by atoms with Gasteiger partial charge in [0, 0.05) is 37.9 Å². The van der Waals surface area contributed by atoms with Crippen molar-refractivity contribution in [2.45, 2.75) is 25.3 Å². The monoisotopic (exact) mass is 508 g/mol. The first-order chi connectivity index (χ1) is 17.5. The second-order valence-electron chi connectivity index (χ2n) is 9.85. The van der Waals surface area contributed by atoms with Gasteiger partial charge in [-0.15, -0.1) is 0 Å². The molecule has 3 aliphatic heterocycles. The van der Waals surface area contributed by atoms with Gasteiger partial charge in [-0.2, -0.15) is 0 Å². The first-order valence-electron chi connectivity index (χ1n) is 12.4. The maximum atomic E-state index is 13.2. The van der Waals surface area contributed by atoms with Crippen molar-refractivity contribution in [3.8, 4) is 5.75 Å². The second kappa shape index (κ2) is 10.3. The smallest absolute Gasteiger partial charge is 0.410 e. The number of rotatable bonds is 5. The summed E-state index contributed by atoms with van der Waals surface area (Å²) >= 11 is 5.67. The zero-order valence-electron chi connectivity index (χ0n) is 20.5. The molecule has 0 bridgehead atoms. The number of carbonyl (C=O) groups excluding carboxylic acids is 2. The van der Waals surface area contributed by atoms with Gasteiger partial charge in [0.25, 0.3) is 0 Å². The summed E-state index contributed by atoms with van der Waals surface area (Å²) in [5.74, 6) is 0.776. The van der Waals surface area contributed by atoms with E-state index in [9.17, 15) is 9.59 Å². The van der Waals surface area contributed by atoms with Crippen molar-refractivity contribution in [3.63, 3.8) is 0 Å². The molecule has 3 aliphatic rings. The molecule has 1 unspecified atom stereocenters. The Morgan fingerprint density at radius 3 is 2.53 bits per heavy atom. The number of likely N-dealkylation sites (tertiary alicyclic amines) is 2. The van der Waals surface area contributed by atoms with E-state index in [-0.39, 0.29) is 30.5 Å². The maximum Gasteiger partial charge on any atom is 0.410 e. The Kier molecular flexibility index (Phi) is 7.00. The van der Waals surface area contributed by atoms with Crippen LogP contribution in [0.4, 0.5) is 10.5 Å². The van der Waals surface area contributed by atoms with E-state index in [2.05, 4.69) is 10.2 Å². The molecule has 2 aromatic carbocycles. The van der Waals surface area contributed by atoms with Gasteiger partial charge in [0.15, 0.2) is 5.11 Å². The van der Waals surface area contributed by atoms with Crippen LogP contribution in [0.2, 0.25) is 0 Å². The van der Waals surface area contributed by atoms with E-state index in [1.807, 2.05) is 59.5 Å². The lowest BCUT2D eigenvalue weighted by Gasteiger charge is -2.40. The predicted molar refractivity (Wildman–Crippen MR) is 141 cm³/mol. The van der Waals surface area contributed by atoms with Crippen LogP contribution in [0, 0.1) is 5.41 Å². The van der Waals surface area contributed by atoms with Gasteiger partial charge in [-0.3, -0.25) is 9.69 Å². The molecule has 2 amide bonds. The van der Waals surface area contributed by atoms with Gasteiger partial charge in [0.2, 0.25) is 5.91 Å². The molecule has 3 heterocycles. The largest absolute Gasteiger partial charge is 0.497 e. The number of anilines is 1. The van der Waals surface area contributed by atoms with Gasteiger partial charge in [-0.05, 0) is 54.6 Å². The summed E-state index contributed by atoms with van der Waals surface area (Å²) in [6, 6.07) is 17.3. The van der Waals surface area contributed by atoms with Crippen molar-refractivity contribution in [1.82, 2.24) is 14.7 Å². The summed E-state index contributed by atoms with van der Waals surface area (Å²) in [5, 5.41) is 4.03. The Morgan fingerprint density at radius 1 is 1.08 bits per heavy atom. The topological polar surface area (TPSA) is 74.4 Å². The first kappa shape index (κ1) is 24.4. The SMILES string of the molecule is COc1cccc(NC(=S)N2CCC3(CCN(C(=O)CN4C(=O)OCC4c4ccccc4)C3)CC2)c1. The average Bonchev–Trinajstić information content (AvgIpc) is 3.48. The fraction of sp³-hybridized carbons (Fsp3) is 0.444. The molecule has 3 fully saturated rings. The van der Waals surface area contributed by atoms with Crippen LogP contribution < -0.4 is 10.1 Å². The van der Waals surface area contributed by atoms with Crippen LogP contribution in [-0.4, -0.2) is 78.3 Å². The number of nitrogens with zero attached hydrogens (tertiary/aromatic N) is 3. The number of nitrogens with one attached hydrogen (secondary N) is 1. The van der Waals surface area contributed by atoms with E-state index in [0.717, 1.165) is 62.4 Å². The number of benzene rings is 2. The highest BCUT2D eigenvalue weighted by atomic mass is 32.1. The highest BCUT2D eigenvalue weighted by Crippen LogP contribution is 2.41. The van der Waals surface area contributed by atoms with Gasteiger partial charge in [-0.25, -0.2) is 4.79 Å². The van der Waals surface area contributed by atoms with E-state index in [4.69, 9.17) is 21.7 Å². The highest BCUT2D eigenvalue weighted by molar-refractivity contribution is 7.80. The van der Waals surface area contributed by atoms with Crippen LogP contribution in [0.15, 0.2) is 54.6 Å². The van der Waals surface area contributed by atoms with Crippen molar-refractivity contribution < 1.29 is 19.1 Å². The minimum absolute atomic E-state index is 0.00991. The zero-order valence-corrected chi connectivity index (χ0v) is 21.3. The van der Waals surface area contributed by atoms with Crippen molar-refractivity contribution in [2.24, 2.45) is 5.41 Å². The Hall–Kier alpha value is -3.33. The molecule has 190 valence electrons. The van der Waals surface area contributed by atoms with Crippen LogP contribution in [-0.2, 0) is 9.53 Å². The number of hydrogen-bond acceptors (Lipinski definition) is 5. The number of methoxy groups -OCH3 is 1. The van der Waals surface area contributed by atoms with E-state index in [1.54, 1.807) is 12.0 Å². The van der Waals surface area contributed by atoms with Crippen LogP contribution >= 0.6 is 12.2 Å². The first-order valence-corrected chi connectivity index (χ1v) is 12.8. The molecule has 1 atom stereocenters. The molecule has 0 aromatic heterocycles. The molecule has 3 saturated heterocycles. The third kappa shape index (κ3) is 5.11. The van der Waals surface area contributed by atoms with Gasteiger partial charge in [-0.1, -0.05) is 36.4 Å². The molecular weight excluding hydrogens is 476 g/mol. The fourth-order valence-corrected chi connectivity index (χ4v) is 5.77. The number of piperidine rings is 1. The molecule has 36 heavy (non-hydrogen) atoms. The van der Waals surface area contributed by atoms with Gasteiger partial charge >= 0.3 is 6.09 Å². The normalized spacial score (nSPS) is 21.0. The molecule has 2 aromatic rings. The predicted octanol–water partition coefficient (Wildman–Crippen LogP) is 3.90. The van der Waals surface area contributed by atoms with Crippen molar-refractivity contribution >= 4 is 35.0 Å². The lowest BCUT2D eigenvalue weighted by molar-refractivity contribution is -0.131. The third-order valence-electron chi connectivity index (χ3n) is 7.69. The molecule has 0 aliphatic carbocycles. The number of amides is 2. The van der Waals surface area contributed by atoms with Crippen molar-refractivity contribution in [1.29, 1.82) is 0 Å². The second-order valence-corrected chi connectivity index (χ2v) is 10.2. The van der Waals surface area contributed by atoms with Gasteiger partial charge in [0.05, 0.1) is 13.2 Å².